The lowest BCUT2D eigenvalue weighted by molar-refractivity contribution is -0.385. The lowest BCUT2D eigenvalue weighted by Crippen LogP contribution is -2.46. The maximum atomic E-state index is 10.9. The molecule has 2 atom stereocenters. The maximum Gasteiger partial charge on any atom is 0.311 e. The Morgan fingerprint density at radius 3 is 2.90 bits per heavy atom. The molecule has 6 heteroatoms. The largest absolute Gasteiger partial charge is 0.490 e. The molecule has 1 aliphatic heterocycles. The number of rotatable bonds is 4. The third-order valence-corrected chi connectivity index (χ3v) is 4.04. The Labute approximate surface area is 118 Å². The van der Waals surface area contributed by atoms with Crippen LogP contribution in [0.15, 0.2) is 18.2 Å². The van der Waals surface area contributed by atoms with Crippen LogP contribution in [0, 0.1) is 16.0 Å². The zero-order valence-electron chi connectivity index (χ0n) is 11.9. The van der Waals surface area contributed by atoms with Crippen molar-refractivity contribution in [2.24, 2.45) is 11.7 Å². The van der Waals surface area contributed by atoms with Gasteiger partial charge in [0.05, 0.1) is 12.0 Å². The van der Waals surface area contributed by atoms with Crippen LogP contribution < -0.4 is 15.4 Å². The van der Waals surface area contributed by atoms with E-state index >= 15 is 0 Å². The van der Waals surface area contributed by atoms with Crippen molar-refractivity contribution in [3.63, 3.8) is 0 Å². The molecule has 1 aliphatic rings. The standard InChI is InChI=1S/C14H21N3O3/c1-3-10-9-16(7-6-12(10)15)11-4-5-13(17(18)19)14(8-11)20-2/h4-5,8,10,12H,3,6-7,9,15H2,1-2H3. The summed E-state index contributed by atoms with van der Waals surface area (Å²) in [6.07, 6.45) is 1.99. The second-order valence-corrected chi connectivity index (χ2v) is 5.18. The summed E-state index contributed by atoms with van der Waals surface area (Å²) in [4.78, 5) is 12.7. The number of nitro benzene ring substituents is 1. The highest BCUT2D eigenvalue weighted by molar-refractivity contribution is 5.59. The molecule has 0 spiro atoms. The van der Waals surface area contributed by atoms with E-state index in [0.29, 0.717) is 11.7 Å². The van der Waals surface area contributed by atoms with Gasteiger partial charge in [-0.2, -0.15) is 0 Å². The highest BCUT2D eigenvalue weighted by atomic mass is 16.6. The zero-order valence-corrected chi connectivity index (χ0v) is 11.9. The quantitative estimate of drug-likeness (QED) is 0.674. The SMILES string of the molecule is CCC1CN(c2ccc([N+](=O)[O-])c(OC)c2)CCC1N. The molecule has 1 saturated heterocycles. The maximum absolute atomic E-state index is 10.9. The number of hydrogen-bond donors (Lipinski definition) is 1. The van der Waals surface area contributed by atoms with E-state index in [2.05, 4.69) is 11.8 Å². The summed E-state index contributed by atoms with van der Waals surface area (Å²) in [5, 5.41) is 10.9. The minimum absolute atomic E-state index is 0.00278. The Morgan fingerprint density at radius 2 is 2.30 bits per heavy atom. The van der Waals surface area contributed by atoms with E-state index in [0.717, 1.165) is 31.6 Å². The molecule has 1 aromatic rings. The van der Waals surface area contributed by atoms with E-state index in [1.54, 1.807) is 12.1 Å². The van der Waals surface area contributed by atoms with E-state index in [1.807, 2.05) is 0 Å². The number of nitro groups is 1. The molecule has 0 radical (unpaired) electrons. The normalized spacial score (nSPS) is 22.6. The second-order valence-electron chi connectivity index (χ2n) is 5.18. The van der Waals surface area contributed by atoms with Gasteiger partial charge in [0.1, 0.15) is 0 Å². The third-order valence-electron chi connectivity index (χ3n) is 4.04. The van der Waals surface area contributed by atoms with Gasteiger partial charge in [-0.1, -0.05) is 13.3 Å². The number of piperidine rings is 1. The van der Waals surface area contributed by atoms with E-state index < -0.39 is 4.92 Å². The summed E-state index contributed by atoms with van der Waals surface area (Å²) in [5.74, 6) is 0.764. The molecule has 2 N–H and O–H groups in total. The summed E-state index contributed by atoms with van der Waals surface area (Å²) in [6.45, 7) is 3.90. The Hall–Kier alpha value is -1.82. The second kappa shape index (κ2) is 6.09. The van der Waals surface area contributed by atoms with Crippen LogP contribution in [0.5, 0.6) is 5.75 Å². The van der Waals surface area contributed by atoms with Crippen molar-refractivity contribution in [3.8, 4) is 5.75 Å². The first-order chi connectivity index (χ1) is 9.56. The fourth-order valence-corrected chi connectivity index (χ4v) is 2.73. The lowest BCUT2D eigenvalue weighted by atomic mass is 9.90. The Balaban J connectivity index is 2.23. The molecule has 1 heterocycles. The fourth-order valence-electron chi connectivity index (χ4n) is 2.73. The third kappa shape index (κ3) is 2.85. The first kappa shape index (κ1) is 14.6. The number of methoxy groups -OCH3 is 1. The average molecular weight is 279 g/mol. The van der Waals surface area contributed by atoms with Crippen LogP contribution in [-0.4, -0.2) is 31.2 Å². The smallest absolute Gasteiger partial charge is 0.311 e. The van der Waals surface area contributed by atoms with E-state index in [4.69, 9.17) is 10.5 Å². The van der Waals surface area contributed by atoms with Gasteiger partial charge in [-0.05, 0) is 18.4 Å². The first-order valence-electron chi connectivity index (χ1n) is 6.89. The van der Waals surface area contributed by atoms with Crippen molar-refractivity contribution >= 4 is 11.4 Å². The Bertz CT molecular complexity index is 493. The summed E-state index contributed by atoms with van der Waals surface area (Å²) < 4.78 is 5.12. The average Bonchev–Trinajstić information content (AvgIpc) is 2.46. The molecule has 2 rings (SSSR count). The van der Waals surface area contributed by atoms with Crippen LogP contribution in [0.1, 0.15) is 19.8 Å². The molecule has 1 fully saturated rings. The van der Waals surface area contributed by atoms with Crippen molar-refractivity contribution in [1.82, 2.24) is 0 Å². The molecule has 0 saturated carbocycles. The summed E-state index contributed by atoms with van der Waals surface area (Å²) in [7, 11) is 1.45. The molecule has 1 aromatic carbocycles. The van der Waals surface area contributed by atoms with E-state index in [-0.39, 0.29) is 11.7 Å². The van der Waals surface area contributed by atoms with Gasteiger partial charge < -0.3 is 15.4 Å². The minimum atomic E-state index is -0.427. The highest BCUT2D eigenvalue weighted by Gasteiger charge is 2.26. The van der Waals surface area contributed by atoms with Gasteiger partial charge in [0, 0.05) is 37.0 Å². The lowest BCUT2D eigenvalue weighted by Gasteiger charge is -2.38. The van der Waals surface area contributed by atoms with Crippen LogP contribution in [0.25, 0.3) is 0 Å². The number of nitrogens with zero attached hydrogens (tertiary/aromatic N) is 2. The van der Waals surface area contributed by atoms with Crippen LogP contribution in [0.3, 0.4) is 0 Å². The van der Waals surface area contributed by atoms with Crippen LogP contribution in [0.2, 0.25) is 0 Å². The summed E-state index contributed by atoms with van der Waals surface area (Å²) in [6, 6.07) is 5.27. The molecule has 0 aliphatic carbocycles. The zero-order chi connectivity index (χ0) is 14.7. The van der Waals surface area contributed by atoms with E-state index in [1.165, 1.54) is 13.2 Å². The van der Waals surface area contributed by atoms with Crippen LogP contribution in [0.4, 0.5) is 11.4 Å². The number of nitrogens with two attached hydrogens (primary N) is 1. The topological polar surface area (TPSA) is 81.6 Å². The number of benzene rings is 1. The van der Waals surface area contributed by atoms with Gasteiger partial charge in [0.25, 0.3) is 0 Å². The molecule has 6 nitrogen and oxygen atoms in total. The van der Waals surface area contributed by atoms with Gasteiger partial charge in [-0.15, -0.1) is 0 Å². The molecular weight excluding hydrogens is 258 g/mol. The number of hydrogen-bond acceptors (Lipinski definition) is 5. The van der Waals surface area contributed by atoms with Crippen molar-refractivity contribution in [1.29, 1.82) is 0 Å². The first-order valence-corrected chi connectivity index (χ1v) is 6.89. The van der Waals surface area contributed by atoms with Crippen molar-refractivity contribution in [2.45, 2.75) is 25.8 Å². The van der Waals surface area contributed by atoms with Crippen LogP contribution >= 0.6 is 0 Å². The summed E-state index contributed by atoms with van der Waals surface area (Å²) >= 11 is 0. The predicted octanol–water partition coefficient (Wildman–Crippen LogP) is 2.17. The minimum Gasteiger partial charge on any atom is -0.490 e. The van der Waals surface area contributed by atoms with Crippen molar-refractivity contribution < 1.29 is 9.66 Å². The fraction of sp³-hybridized carbons (Fsp3) is 0.571. The molecular formula is C14H21N3O3. The van der Waals surface area contributed by atoms with Gasteiger partial charge >= 0.3 is 5.69 Å². The monoisotopic (exact) mass is 279 g/mol. The Morgan fingerprint density at radius 1 is 1.55 bits per heavy atom. The molecule has 0 bridgehead atoms. The van der Waals surface area contributed by atoms with Gasteiger partial charge in [0.2, 0.25) is 0 Å². The Kier molecular flexibility index (Phi) is 4.44. The molecule has 0 amide bonds. The predicted molar refractivity (Wildman–Crippen MR) is 78.2 cm³/mol. The van der Waals surface area contributed by atoms with Gasteiger partial charge in [0.15, 0.2) is 5.75 Å². The molecule has 20 heavy (non-hydrogen) atoms. The molecule has 2 unspecified atom stereocenters. The van der Waals surface area contributed by atoms with Gasteiger partial charge in [-0.25, -0.2) is 0 Å². The highest BCUT2D eigenvalue weighted by Crippen LogP contribution is 2.33. The van der Waals surface area contributed by atoms with Crippen molar-refractivity contribution in [3.05, 3.63) is 28.3 Å². The van der Waals surface area contributed by atoms with Gasteiger partial charge in [-0.3, -0.25) is 10.1 Å². The van der Waals surface area contributed by atoms with Crippen molar-refractivity contribution in [2.75, 3.05) is 25.1 Å². The summed E-state index contributed by atoms with van der Waals surface area (Å²) in [5.41, 5.74) is 7.06. The molecule has 0 aromatic heterocycles. The van der Waals surface area contributed by atoms with E-state index in [9.17, 15) is 10.1 Å². The molecule has 110 valence electrons. The number of ether oxygens (including phenoxy) is 1. The van der Waals surface area contributed by atoms with Crippen LogP contribution in [-0.2, 0) is 0 Å². The number of anilines is 1.